The number of carbonyl (C=O) groups is 1. The highest BCUT2D eigenvalue weighted by Crippen LogP contribution is 2.37. The van der Waals surface area contributed by atoms with Gasteiger partial charge in [0, 0.05) is 19.6 Å². The predicted molar refractivity (Wildman–Crippen MR) is 78.9 cm³/mol. The molecular weight excluding hydrogens is 254 g/mol. The molecule has 3 N–H and O–H groups in total. The van der Waals surface area contributed by atoms with Crippen LogP contribution in [0.15, 0.2) is 0 Å². The molecule has 0 amide bonds. The molecule has 0 spiro atoms. The van der Waals surface area contributed by atoms with E-state index in [1.54, 1.807) is 5.01 Å². The molecule has 1 saturated carbocycles. The zero-order valence-corrected chi connectivity index (χ0v) is 13.1. The van der Waals surface area contributed by atoms with E-state index in [4.69, 9.17) is 10.6 Å². The van der Waals surface area contributed by atoms with Gasteiger partial charge in [0.2, 0.25) is 0 Å². The van der Waals surface area contributed by atoms with Gasteiger partial charge in [-0.05, 0) is 39.5 Å². The van der Waals surface area contributed by atoms with Gasteiger partial charge in [0.05, 0.1) is 0 Å². The summed E-state index contributed by atoms with van der Waals surface area (Å²) in [4.78, 5) is 12.9. The van der Waals surface area contributed by atoms with E-state index in [1.807, 2.05) is 20.8 Å². The van der Waals surface area contributed by atoms with Crippen LogP contribution in [0.5, 0.6) is 0 Å². The minimum Gasteiger partial charge on any atom is -0.459 e. The molecule has 0 radical (unpaired) electrons. The molecule has 5 heteroatoms. The third-order valence-corrected chi connectivity index (χ3v) is 4.47. The van der Waals surface area contributed by atoms with E-state index in [9.17, 15) is 4.79 Å². The molecule has 1 saturated heterocycles. The van der Waals surface area contributed by atoms with Gasteiger partial charge < -0.3 is 10.1 Å². The monoisotopic (exact) mass is 283 g/mol. The molecule has 0 aromatic carbocycles. The topological polar surface area (TPSA) is 67.6 Å². The zero-order valence-electron chi connectivity index (χ0n) is 13.1. The highest BCUT2D eigenvalue weighted by Gasteiger charge is 2.52. The lowest BCUT2D eigenvalue weighted by atomic mass is 9.73. The molecule has 0 aromatic heterocycles. The number of hydrogen-bond donors (Lipinski definition) is 2. The maximum Gasteiger partial charge on any atom is 0.330 e. The van der Waals surface area contributed by atoms with Gasteiger partial charge in [0.15, 0.2) is 0 Å². The molecular formula is C15H29N3O2. The summed E-state index contributed by atoms with van der Waals surface area (Å²) >= 11 is 0. The van der Waals surface area contributed by atoms with Gasteiger partial charge in [-0.25, -0.2) is 9.80 Å². The Kier molecular flexibility index (Phi) is 4.72. The van der Waals surface area contributed by atoms with Crippen LogP contribution in [-0.2, 0) is 9.53 Å². The van der Waals surface area contributed by atoms with Crippen molar-refractivity contribution in [2.45, 2.75) is 64.0 Å². The van der Waals surface area contributed by atoms with Crippen LogP contribution in [0.25, 0.3) is 0 Å². The van der Waals surface area contributed by atoms with Gasteiger partial charge in [-0.15, -0.1) is 0 Å². The molecule has 1 atom stereocenters. The molecule has 2 aliphatic rings. The van der Waals surface area contributed by atoms with Gasteiger partial charge >= 0.3 is 5.97 Å². The number of hydrogen-bond acceptors (Lipinski definition) is 5. The molecule has 116 valence electrons. The number of nitrogens with two attached hydrogens (primary N) is 1. The summed E-state index contributed by atoms with van der Waals surface area (Å²) in [6, 6.07) is 0. The van der Waals surface area contributed by atoms with Gasteiger partial charge in [0.1, 0.15) is 11.1 Å². The maximum absolute atomic E-state index is 12.9. The van der Waals surface area contributed by atoms with Crippen molar-refractivity contribution in [2.75, 3.05) is 19.6 Å². The number of carbonyl (C=O) groups excluding carboxylic acids is 1. The molecule has 1 unspecified atom stereocenters. The Morgan fingerprint density at radius 3 is 2.50 bits per heavy atom. The lowest BCUT2D eigenvalue weighted by molar-refractivity contribution is -0.178. The largest absolute Gasteiger partial charge is 0.459 e. The first-order chi connectivity index (χ1) is 9.36. The minimum absolute atomic E-state index is 0.161. The summed E-state index contributed by atoms with van der Waals surface area (Å²) in [7, 11) is 0. The first-order valence-electron chi connectivity index (χ1n) is 7.83. The van der Waals surface area contributed by atoms with Gasteiger partial charge in [0.25, 0.3) is 0 Å². The average molecular weight is 283 g/mol. The van der Waals surface area contributed by atoms with Crippen LogP contribution in [0.3, 0.4) is 0 Å². The van der Waals surface area contributed by atoms with Crippen LogP contribution in [0.2, 0.25) is 0 Å². The summed E-state index contributed by atoms with van der Waals surface area (Å²) in [6.45, 7) is 7.86. The average Bonchev–Trinajstić information content (AvgIpc) is 2.38. The Labute approximate surface area is 122 Å². The van der Waals surface area contributed by atoms with Crippen molar-refractivity contribution < 1.29 is 9.53 Å². The van der Waals surface area contributed by atoms with Crippen LogP contribution in [-0.4, -0.2) is 41.8 Å². The summed E-state index contributed by atoms with van der Waals surface area (Å²) < 4.78 is 5.70. The standard InChI is InChI=1S/C15H29N3O2/c1-14(2,3)20-13(19)15(11-17-9-10-18(15)16)12-7-5-4-6-8-12/h12,17H,4-11,16H2,1-3H3. The Morgan fingerprint density at radius 1 is 1.30 bits per heavy atom. The second-order valence-corrected chi connectivity index (χ2v) is 7.13. The van der Waals surface area contributed by atoms with Crippen molar-refractivity contribution >= 4 is 5.97 Å². The number of piperazine rings is 1. The van der Waals surface area contributed by atoms with E-state index in [0.29, 0.717) is 19.0 Å². The van der Waals surface area contributed by atoms with Crippen molar-refractivity contribution in [1.29, 1.82) is 0 Å². The molecule has 2 fully saturated rings. The quantitative estimate of drug-likeness (QED) is 0.593. The fraction of sp³-hybridized carbons (Fsp3) is 0.933. The Bertz CT molecular complexity index is 348. The Balaban J connectivity index is 2.25. The number of hydrazine groups is 1. The predicted octanol–water partition coefficient (Wildman–Crippen LogP) is 1.43. The third kappa shape index (κ3) is 3.15. The van der Waals surface area contributed by atoms with Crippen molar-refractivity contribution in [2.24, 2.45) is 11.8 Å². The Hall–Kier alpha value is -0.650. The van der Waals surface area contributed by atoms with Gasteiger partial charge in [-0.2, -0.15) is 0 Å². The number of nitrogens with one attached hydrogen (secondary N) is 1. The fourth-order valence-electron chi connectivity index (χ4n) is 3.46. The molecule has 1 heterocycles. The van der Waals surface area contributed by atoms with Crippen molar-refractivity contribution in [3.05, 3.63) is 0 Å². The van der Waals surface area contributed by atoms with E-state index in [1.165, 1.54) is 19.3 Å². The Morgan fingerprint density at radius 2 is 1.95 bits per heavy atom. The molecule has 20 heavy (non-hydrogen) atoms. The summed E-state index contributed by atoms with van der Waals surface area (Å²) in [6.07, 6.45) is 5.76. The lowest BCUT2D eigenvalue weighted by Crippen LogP contribution is -2.72. The minimum atomic E-state index is -0.689. The fourth-order valence-corrected chi connectivity index (χ4v) is 3.46. The SMILES string of the molecule is CC(C)(C)OC(=O)C1(C2CCCCC2)CNCCN1N. The summed E-state index contributed by atoms with van der Waals surface area (Å²) in [5, 5.41) is 5.09. The number of esters is 1. The first-order valence-corrected chi connectivity index (χ1v) is 7.83. The third-order valence-electron chi connectivity index (χ3n) is 4.47. The van der Waals surface area contributed by atoms with Crippen molar-refractivity contribution in [3.8, 4) is 0 Å². The number of nitrogens with zero attached hydrogens (tertiary/aromatic N) is 1. The smallest absolute Gasteiger partial charge is 0.330 e. The van der Waals surface area contributed by atoms with E-state index < -0.39 is 11.1 Å². The molecule has 0 bridgehead atoms. The van der Waals surface area contributed by atoms with Crippen LogP contribution in [0.4, 0.5) is 0 Å². The van der Waals surface area contributed by atoms with Crippen LogP contribution >= 0.6 is 0 Å². The summed E-state index contributed by atoms with van der Waals surface area (Å²) in [5.41, 5.74) is -1.16. The number of rotatable bonds is 2. The van der Waals surface area contributed by atoms with Crippen molar-refractivity contribution in [3.63, 3.8) is 0 Å². The molecule has 1 aliphatic carbocycles. The van der Waals surface area contributed by atoms with Gasteiger partial charge in [-0.3, -0.25) is 5.84 Å². The number of ether oxygens (including phenoxy) is 1. The van der Waals surface area contributed by atoms with Crippen LogP contribution in [0.1, 0.15) is 52.9 Å². The normalized spacial score (nSPS) is 30.2. The van der Waals surface area contributed by atoms with E-state index >= 15 is 0 Å². The molecule has 0 aromatic rings. The molecule has 2 rings (SSSR count). The molecule has 1 aliphatic heterocycles. The maximum atomic E-state index is 12.9. The van der Waals surface area contributed by atoms with Crippen LogP contribution in [0, 0.1) is 5.92 Å². The van der Waals surface area contributed by atoms with Gasteiger partial charge in [-0.1, -0.05) is 19.3 Å². The highest BCUT2D eigenvalue weighted by atomic mass is 16.6. The highest BCUT2D eigenvalue weighted by molar-refractivity contribution is 5.82. The first kappa shape index (κ1) is 15.7. The van der Waals surface area contributed by atoms with Crippen LogP contribution < -0.4 is 11.2 Å². The van der Waals surface area contributed by atoms with E-state index in [2.05, 4.69) is 5.32 Å². The zero-order chi connectivity index (χ0) is 14.8. The van der Waals surface area contributed by atoms with E-state index in [0.717, 1.165) is 19.4 Å². The molecule has 5 nitrogen and oxygen atoms in total. The second kappa shape index (κ2) is 6.00. The second-order valence-electron chi connectivity index (χ2n) is 7.13. The summed E-state index contributed by atoms with van der Waals surface area (Å²) in [5.74, 6) is 6.39. The van der Waals surface area contributed by atoms with E-state index in [-0.39, 0.29) is 5.97 Å². The lowest BCUT2D eigenvalue weighted by Gasteiger charge is -2.49. The van der Waals surface area contributed by atoms with Crippen molar-refractivity contribution in [1.82, 2.24) is 10.3 Å².